The normalized spacial score (nSPS) is 46.0. The molecule has 2 bridgehead atoms. The van der Waals surface area contributed by atoms with Crippen LogP contribution in [0.1, 0.15) is 48.0 Å². The molecule has 0 aromatic rings. The Morgan fingerprint density at radius 2 is 1.78 bits per heavy atom. The average molecular weight is 449 g/mol. The molecule has 8 heteroatoms. The topological polar surface area (TPSA) is 130 Å². The second-order valence-electron chi connectivity index (χ2n) is 10.6. The average Bonchev–Trinajstić information content (AvgIpc) is 3.08. The maximum atomic E-state index is 14.2. The second kappa shape index (κ2) is 6.74. The van der Waals surface area contributed by atoms with E-state index >= 15 is 0 Å². The number of hydrogen-bond donors (Lipinski definition) is 3. The van der Waals surface area contributed by atoms with Crippen LogP contribution in [0.2, 0.25) is 0 Å². The zero-order valence-electron chi connectivity index (χ0n) is 19.3. The summed E-state index contributed by atoms with van der Waals surface area (Å²) in [4.78, 5) is 37.7. The van der Waals surface area contributed by atoms with E-state index < -0.39 is 58.0 Å². The van der Waals surface area contributed by atoms with Crippen molar-refractivity contribution in [3.05, 3.63) is 23.3 Å². The van der Waals surface area contributed by atoms with E-state index in [2.05, 4.69) is 0 Å². The lowest BCUT2D eigenvalue weighted by molar-refractivity contribution is -0.192. The van der Waals surface area contributed by atoms with Gasteiger partial charge in [0, 0.05) is 31.1 Å². The van der Waals surface area contributed by atoms with Crippen molar-refractivity contribution in [2.45, 2.75) is 71.4 Å². The van der Waals surface area contributed by atoms with Crippen LogP contribution in [0.15, 0.2) is 23.3 Å². The first-order valence-corrected chi connectivity index (χ1v) is 11.0. The van der Waals surface area contributed by atoms with Gasteiger partial charge >= 0.3 is 11.9 Å². The number of esters is 2. The first-order valence-electron chi connectivity index (χ1n) is 11.0. The molecule has 0 radical (unpaired) electrons. The minimum atomic E-state index is -2.24. The van der Waals surface area contributed by atoms with Crippen LogP contribution in [0.4, 0.5) is 0 Å². The number of carbonyl (C=O) groups excluding carboxylic acids is 3. The molecule has 4 aliphatic carbocycles. The van der Waals surface area contributed by atoms with E-state index in [0.717, 1.165) is 0 Å². The zero-order chi connectivity index (χ0) is 24.0. The van der Waals surface area contributed by atoms with Gasteiger partial charge in [0.05, 0.1) is 5.41 Å². The summed E-state index contributed by atoms with van der Waals surface area (Å²) in [6.07, 6.45) is 0.313. The summed E-state index contributed by atoms with van der Waals surface area (Å²) >= 11 is 0. The van der Waals surface area contributed by atoms with Crippen LogP contribution in [-0.2, 0) is 23.9 Å². The van der Waals surface area contributed by atoms with Gasteiger partial charge in [-0.25, -0.2) is 0 Å². The molecule has 32 heavy (non-hydrogen) atoms. The molecule has 2 saturated carbocycles. The Balaban J connectivity index is 1.96. The molecule has 0 amide bonds. The van der Waals surface area contributed by atoms with Crippen LogP contribution in [-0.4, -0.2) is 63.1 Å². The van der Waals surface area contributed by atoms with Crippen molar-refractivity contribution in [1.82, 2.24) is 0 Å². The maximum Gasteiger partial charge on any atom is 0.303 e. The van der Waals surface area contributed by atoms with E-state index in [1.165, 1.54) is 13.8 Å². The Kier molecular flexibility index (Phi) is 4.88. The SMILES string of the molecule is CC(=O)OCC1=C[C@@H]2C(=O)C3(C=C(C)[C@H](O)[C@@]3(O)[C@@H]1O)C(C)C[C@]1(OC(C)=O)[C@H]2C1(C)C. The standard InChI is InChI=1S/C24H32O8/c1-11-8-22-12(2)9-23(32-14(4)26)17(21(23,5)6)16(20(22)29)7-15(10-31-13(3)25)19(28)24(22,30)18(11)27/h7-8,12,16-19,27-28,30H,9-10H2,1-6H3/t12?,16-,17+,18-,19+,22?,23-,24+/m0/s1. The molecular formula is C24H32O8. The molecule has 2 fully saturated rings. The summed E-state index contributed by atoms with van der Waals surface area (Å²) in [6, 6.07) is 0. The molecule has 4 rings (SSSR count). The van der Waals surface area contributed by atoms with Gasteiger partial charge in [-0.05, 0) is 30.4 Å². The smallest absolute Gasteiger partial charge is 0.303 e. The number of aliphatic hydroxyl groups excluding tert-OH is 2. The van der Waals surface area contributed by atoms with Crippen molar-refractivity contribution in [3.8, 4) is 0 Å². The quantitative estimate of drug-likeness (QED) is 0.432. The van der Waals surface area contributed by atoms with Crippen LogP contribution in [0.5, 0.6) is 0 Å². The summed E-state index contributed by atoms with van der Waals surface area (Å²) in [5, 5.41) is 34.3. The summed E-state index contributed by atoms with van der Waals surface area (Å²) in [5.74, 6) is -3.11. The van der Waals surface area contributed by atoms with Crippen molar-refractivity contribution in [2.24, 2.45) is 28.6 Å². The number of Topliss-reactive ketones (excluding diaryl/α,β-unsaturated/α-hetero) is 1. The Morgan fingerprint density at radius 1 is 1.16 bits per heavy atom. The number of carbonyl (C=O) groups is 3. The number of fused-ring (bicyclic) bond motifs is 3. The Hall–Kier alpha value is -2.03. The van der Waals surface area contributed by atoms with Crippen LogP contribution in [0, 0.1) is 28.6 Å². The first kappa shape index (κ1) is 23.1. The molecule has 0 heterocycles. The Morgan fingerprint density at radius 3 is 2.34 bits per heavy atom. The van der Waals surface area contributed by atoms with Crippen LogP contribution in [0.25, 0.3) is 0 Å². The number of ether oxygens (including phenoxy) is 2. The van der Waals surface area contributed by atoms with E-state index in [-0.39, 0.29) is 23.9 Å². The molecule has 0 aromatic carbocycles. The number of allylic oxidation sites excluding steroid dienone is 1. The van der Waals surface area contributed by atoms with Crippen molar-refractivity contribution >= 4 is 17.7 Å². The highest BCUT2D eigenvalue weighted by molar-refractivity contribution is 5.95. The minimum absolute atomic E-state index is 0.151. The van der Waals surface area contributed by atoms with E-state index in [9.17, 15) is 29.7 Å². The fourth-order valence-corrected chi connectivity index (χ4v) is 7.16. The van der Waals surface area contributed by atoms with Gasteiger partial charge in [-0.2, -0.15) is 0 Å². The van der Waals surface area contributed by atoms with Crippen molar-refractivity contribution in [1.29, 1.82) is 0 Å². The lowest BCUT2D eigenvalue weighted by Gasteiger charge is -2.48. The number of aliphatic hydroxyl groups is 3. The van der Waals surface area contributed by atoms with Gasteiger partial charge in [0.25, 0.3) is 0 Å². The van der Waals surface area contributed by atoms with E-state index in [1.54, 1.807) is 26.0 Å². The highest BCUT2D eigenvalue weighted by atomic mass is 16.6. The van der Waals surface area contributed by atoms with Crippen LogP contribution >= 0.6 is 0 Å². The Bertz CT molecular complexity index is 963. The lowest BCUT2D eigenvalue weighted by Crippen LogP contribution is -2.65. The van der Waals surface area contributed by atoms with Gasteiger partial charge in [-0.3, -0.25) is 14.4 Å². The highest BCUT2D eigenvalue weighted by Gasteiger charge is 2.83. The molecule has 8 atom stereocenters. The molecule has 8 nitrogen and oxygen atoms in total. The molecule has 1 spiro atoms. The van der Waals surface area contributed by atoms with Crippen molar-refractivity contribution < 1.29 is 39.2 Å². The minimum Gasteiger partial charge on any atom is -0.461 e. The molecule has 176 valence electrons. The zero-order valence-corrected chi connectivity index (χ0v) is 19.3. The molecule has 2 unspecified atom stereocenters. The second-order valence-corrected chi connectivity index (χ2v) is 10.6. The third-order valence-corrected chi connectivity index (χ3v) is 8.64. The third-order valence-electron chi connectivity index (χ3n) is 8.64. The molecular weight excluding hydrogens is 416 g/mol. The summed E-state index contributed by atoms with van der Waals surface area (Å²) in [6.45, 7) is 9.51. The largest absolute Gasteiger partial charge is 0.461 e. The van der Waals surface area contributed by atoms with Gasteiger partial charge in [-0.15, -0.1) is 0 Å². The summed E-state index contributed by atoms with van der Waals surface area (Å²) in [5.41, 5.74) is -4.75. The Labute approximate surface area is 187 Å². The fourth-order valence-electron chi connectivity index (χ4n) is 7.16. The fraction of sp³-hybridized carbons (Fsp3) is 0.708. The molecule has 0 aromatic heterocycles. The summed E-state index contributed by atoms with van der Waals surface area (Å²) < 4.78 is 11.0. The molecule has 0 aliphatic heterocycles. The van der Waals surface area contributed by atoms with E-state index in [0.29, 0.717) is 12.0 Å². The summed E-state index contributed by atoms with van der Waals surface area (Å²) in [7, 11) is 0. The van der Waals surface area contributed by atoms with Gasteiger partial charge in [0.15, 0.2) is 5.78 Å². The van der Waals surface area contributed by atoms with Gasteiger partial charge in [0.1, 0.15) is 30.0 Å². The van der Waals surface area contributed by atoms with Crippen LogP contribution < -0.4 is 0 Å². The van der Waals surface area contributed by atoms with Crippen molar-refractivity contribution in [3.63, 3.8) is 0 Å². The number of ketones is 1. The van der Waals surface area contributed by atoms with Crippen LogP contribution in [0.3, 0.4) is 0 Å². The lowest BCUT2D eigenvalue weighted by atomic mass is 9.59. The molecule has 3 N–H and O–H groups in total. The molecule has 0 saturated heterocycles. The van der Waals surface area contributed by atoms with Crippen molar-refractivity contribution in [2.75, 3.05) is 6.61 Å². The van der Waals surface area contributed by atoms with Gasteiger partial charge in [0.2, 0.25) is 0 Å². The maximum absolute atomic E-state index is 14.2. The monoisotopic (exact) mass is 448 g/mol. The van der Waals surface area contributed by atoms with Gasteiger partial charge in [-0.1, -0.05) is 32.9 Å². The number of rotatable bonds is 3. The first-order chi connectivity index (χ1) is 14.7. The predicted molar refractivity (Wildman–Crippen MR) is 112 cm³/mol. The highest BCUT2D eigenvalue weighted by Crippen LogP contribution is 2.75. The van der Waals surface area contributed by atoms with E-state index in [1.807, 2.05) is 13.8 Å². The number of hydrogen-bond acceptors (Lipinski definition) is 8. The third kappa shape index (κ3) is 2.51. The van der Waals surface area contributed by atoms with E-state index in [4.69, 9.17) is 9.47 Å². The predicted octanol–water partition coefficient (Wildman–Crippen LogP) is 1.07. The van der Waals surface area contributed by atoms with Gasteiger partial charge < -0.3 is 24.8 Å². The molecule has 4 aliphatic rings.